The van der Waals surface area contributed by atoms with Gasteiger partial charge in [-0.3, -0.25) is 0 Å². The Morgan fingerprint density at radius 1 is 1.41 bits per heavy atom. The van der Waals surface area contributed by atoms with E-state index in [0.717, 1.165) is 42.6 Å². The molecule has 3 rings (SSSR count). The molecule has 1 aromatic carbocycles. The van der Waals surface area contributed by atoms with Crippen LogP contribution in [-0.4, -0.2) is 33.3 Å². The standard InChI is InChI=1S/C13H17ClN2O/c1-17-12-3-2-10(14)6-11(12)16-8-13(9-16)4-5-15-7-13/h2-3,6,15H,4-5,7-9H2,1H3. The van der Waals surface area contributed by atoms with Crippen molar-refractivity contribution < 1.29 is 4.74 Å². The fourth-order valence-electron chi connectivity index (χ4n) is 2.91. The number of hydrogen-bond acceptors (Lipinski definition) is 3. The summed E-state index contributed by atoms with van der Waals surface area (Å²) in [5.41, 5.74) is 1.62. The van der Waals surface area contributed by atoms with Gasteiger partial charge in [-0.05, 0) is 31.2 Å². The van der Waals surface area contributed by atoms with Crippen molar-refractivity contribution in [2.24, 2.45) is 5.41 Å². The molecule has 0 bridgehead atoms. The lowest BCUT2D eigenvalue weighted by Crippen LogP contribution is -2.57. The summed E-state index contributed by atoms with van der Waals surface area (Å²) < 4.78 is 5.39. The van der Waals surface area contributed by atoms with Gasteiger partial charge in [0.25, 0.3) is 0 Å². The normalized spacial score (nSPS) is 21.6. The van der Waals surface area contributed by atoms with Crippen LogP contribution >= 0.6 is 11.6 Å². The van der Waals surface area contributed by atoms with E-state index in [-0.39, 0.29) is 0 Å². The summed E-state index contributed by atoms with van der Waals surface area (Å²) in [4.78, 5) is 2.36. The van der Waals surface area contributed by atoms with Crippen LogP contribution in [0.25, 0.3) is 0 Å². The third-order valence-corrected chi connectivity index (χ3v) is 4.10. The van der Waals surface area contributed by atoms with Gasteiger partial charge in [-0.2, -0.15) is 0 Å². The smallest absolute Gasteiger partial charge is 0.142 e. The van der Waals surface area contributed by atoms with E-state index < -0.39 is 0 Å². The number of halogens is 1. The quantitative estimate of drug-likeness (QED) is 0.873. The van der Waals surface area contributed by atoms with Crippen LogP contribution in [0.5, 0.6) is 5.75 Å². The zero-order chi connectivity index (χ0) is 11.9. The molecule has 0 unspecified atom stereocenters. The Balaban J connectivity index is 1.79. The first-order valence-corrected chi connectivity index (χ1v) is 6.39. The van der Waals surface area contributed by atoms with Crippen LogP contribution in [0.15, 0.2) is 18.2 Å². The van der Waals surface area contributed by atoms with Gasteiger partial charge in [0.15, 0.2) is 0 Å². The summed E-state index contributed by atoms with van der Waals surface area (Å²) in [6, 6.07) is 5.81. The highest BCUT2D eigenvalue weighted by Gasteiger charge is 2.45. The van der Waals surface area contributed by atoms with Crippen LogP contribution < -0.4 is 15.0 Å². The second-order valence-electron chi connectivity index (χ2n) is 5.10. The number of anilines is 1. The van der Waals surface area contributed by atoms with Gasteiger partial charge in [-0.1, -0.05) is 11.6 Å². The molecule has 2 saturated heterocycles. The maximum Gasteiger partial charge on any atom is 0.142 e. The predicted molar refractivity (Wildman–Crippen MR) is 70.1 cm³/mol. The highest BCUT2D eigenvalue weighted by Crippen LogP contribution is 2.42. The van der Waals surface area contributed by atoms with Crippen LogP contribution in [0.2, 0.25) is 5.02 Å². The molecular weight excluding hydrogens is 236 g/mol. The maximum atomic E-state index is 6.06. The van der Waals surface area contributed by atoms with Gasteiger partial charge in [0, 0.05) is 30.1 Å². The van der Waals surface area contributed by atoms with E-state index in [1.807, 2.05) is 18.2 Å². The van der Waals surface area contributed by atoms with E-state index in [1.165, 1.54) is 6.42 Å². The van der Waals surface area contributed by atoms with Crippen molar-refractivity contribution in [1.29, 1.82) is 0 Å². The number of nitrogens with zero attached hydrogens (tertiary/aromatic N) is 1. The van der Waals surface area contributed by atoms with Crippen molar-refractivity contribution in [3.8, 4) is 5.75 Å². The van der Waals surface area contributed by atoms with Crippen molar-refractivity contribution in [2.45, 2.75) is 6.42 Å². The lowest BCUT2D eigenvalue weighted by molar-refractivity contribution is 0.241. The lowest BCUT2D eigenvalue weighted by atomic mass is 9.79. The van der Waals surface area contributed by atoms with E-state index in [2.05, 4.69) is 10.2 Å². The number of ether oxygens (including phenoxy) is 1. The van der Waals surface area contributed by atoms with E-state index in [1.54, 1.807) is 7.11 Å². The maximum absolute atomic E-state index is 6.06. The number of nitrogens with one attached hydrogen (secondary N) is 1. The second kappa shape index (κ2) is 4.07. The van der Waals surface area contributed by atoms with Gasteiger partial charge in [0.05, 0.1) is 12.8 Å². The minimum absolute atomic E-state index is 0.493. The molecule has 2 heterocycles. The third kappa shape index (κ3) is 1.87. The fourth-order valence-corrected chi connectivity index (χ4v) is 3.08. The van der Waals surface area contributed by atoms with E-state index in [4.69, 9.17) is 16.3 Å². The van der Waals surface area contributed by atoms with Crippen LogP contribution in [-0.2, 0) is 0 Å². The van der Waals surface area contributed by atoms with E-state index >= 15 is 0 Å². The number of rotatable bonds is 2. The minimum atomic E-state index is 0.493. The van der Waals surface area contributed by atoms with Gasteiger partial charge in [-0.15, -0.1) is 0 Å². The summed E-state index contributed by atoms with van der Waals surface area (Å²) in [6.07, 6.45) is 1.28. The molecule has 1 aromatic rings. The Kier molecular flexibility index (Phi) is 2.68. The Morgan fingerprint density at radius 3 is 2.88 bits per heavy atom. The Bertz CT molecular complexity index is 421. The highest BCUT2D eigenvalue weighted by molar-refractivity contribution is 6.30. The molecule has 0 saturated carbocycles. The highest BCUT2D eigenvalue weighted by atomic mass is 35.5. The average molecular weight is 253 g/mol. The molecule has 17 heavy (non-hydrogen) atoms. The van der Waals surface area contributed by atoms with Gasteiger partial charge in [0.2, 0.25) is 0 Å². The molecule has 4 heteroatoms. The lowest BCUT2D eigenvalue weighted by Gasteiger charge is -2.49. The van der Waals surface area contributed by atoms with Crippen LogP contribution in [0.1, 0.15) is 6.42 Å². The molecule has 1 N–H and O–H groups in total. The molecule has 2 aliphatic rings. The summed E-state index contributed by atoms with van der Waals surface area (Å²) in [7, 11) is 1.71. The average Bonchev–Trinajstić information content (AvgIpc) is 2.76. The molecule has 0 radical (unpaired) electrons. The number of benzene rings is 1. The first kappa shape index (κ1) is 11.2. The first-order chi connectivity index (χ1) is 8.22. The van der Waals surface area contributed by atoms with Crippen LogP contribution in [0.4, 0.5) is 5.69 Å². The SMILES string of the molecule is COc1ccc(Cl)cc1N1CC2(CCNC2)C1. The minimum Gasteiger partial charge on any atom is -0.495 e. The van der Waals surface area contributed by atoms with Crippen LogP contribution in [0.3, 0.4) is 0 Å². The topological polar surface area (TPSA) is 24.5 Å². The summed E-state index contributed by atoms with van der Waals surface area (Å²) in [6.45, 7) is 4.51. The Morgan fingerprint density at radius 2 is 2.24 bits per heavy atom. The van der Waals surface area contributed by atoms with Crippen molar-refractivity contribution in [3.63, 3.8) is 0 Å². The largest absolute Gasteiger partial charge is 0.495 e. The molecule has 0 atom stereocenters. The number of methoxy groups -OCH3 is 1. The van der Waals surface area contributed by atoms with Gasteiger partial charge >= 0.3 is 0 Å². The molecule has 0 amide bonds. The summed E-state index contributed by atoms with van der Waals surface area (Å²) >= 11 is 6.06. The zero-order valence-electron chi connectivity index (χ0n) is 10.0. The number of hydrogen-bond donors (Lipinski definition) is 1. The van der Waals surface area contributed by atoms with E-state index in [9.17, 15) is 0 Å². The molecule has 2 fully saturated rings. The Hall–Kier alpha value is -0.930. The zero-order valence-corrected chi connectivity index (χ0v) is 10.8. The summed E-state index contributed by atoms with van der Waals surface area (Å²) in [5.74, 6) is 0.912. The molecule has 0 aliphatic carbocycles. The van der Waals surface area contributed by atoms with Crippen molar-refractivity contribution in [3.05, 3.63) is 23.2 Å². The van der Waals surface area contributed by atoms with Gasteiger partial charge in [0.1, 0.15) is 5.75 Å². The molecule has 3 nitrogen and oxygen atoms in total. The molecule has 92 valence electrons. The molecule has 0 aromatic heterocycles. The van der Waals surface area contributed by atoms with Crippen molar-refractivity contribution in [1.82, 2.24) is 5.32 Å². The second-order valence-corrected chi connectivity index (χ2v) is 5.54. The predicted octanol–water partition coefficient (Wildman–Crippen LogP) is 2.15. The molecule has 2 aliphatic heterocycles. The monoisotopic (exact) mass is 252 g/mol. The van der Waals surface area contributed by atoms with Gasteiger partial charge < -0.3 is 15.0 Å². The van der Waals surface area contributed by atoms with Gasteiger partial charge in [-0.25, -0.2) is 0 Å². The summed E-state index contributed by atoms with van der Waals surface area (Å²) in [5, 5.41) is 4.21. The third-order valence-electron chi connectivity index (χ3n) is 3.87. The molecule has 1 spiro atoms. The van der Waals surface area contributed by atoms with Crippen LogP contribution in [0, 0.1) is 5.41 Å². The van der Waals surface area contributed by atoms with Crippen molar-refractivity contribution >= 4 is 17.3 Å². The van der Waals surface area contributed by atoms with E-state index in [0.29, 0.717) is 5.41 Å². The molecular formula is C13H17ClN2O. The Labute approximate surface area is 107 Å². The van der Waals surface area contributed by atoms with Crippen molar-refractivity contribution in [2.75, 3.05) is 38.2 Å². The fraction of sp³-hybridized carbons (Fsp3) is 0.538. The first-order valence-electron chi connectivity index (χ1n) is 6.02.